The van der Waals surface area contributed by atoms with Crippen LogP contribution in [-0.4, -0.2) is 76.1 Å². The van der Waals surface area contributed by atoms with Gasteiger partial charge >= 0.3 is 0 Å². The molecule has 0 saturated carbocycles. The molecule has 0 atom stereocenters. The van der Waals surface area contributed by atoms with Gasteiger partial charge in [0.1, 0.15) is 0 Å². The van der Waals surface area contributed by atoms with Gasteiger partial charge < -0.3 is 24.6 Å². The number of anilines is 1. The van der Waals surface area contributed by atoms with E-state index >= 15 is 0 Å². The number of nitrogens with zero attached hydrogens (tertiary/aromatic N) is 3. The van der Waals surface area contributed by atoms with Crippen molar-refractivity contribution in [2.75, 3.05) is 64.0 Å². The number of hydrogen-bond donors (Lipinski definition) is 1. The van der Waals surface area contributed by atoms with E-state index in [1.807, 2.05) is 18.2 Å². The smallest absolute Gasteiger partial charge is 0.194 e. The van der Waals surface area contributed by atoms with Gasteiger partial charge in [0.25, 0.3) is 0 Å². The third-order valence-corrected chi connectivity index (χ3v) is 5.41. The van der Waals surface area contributed by atoms with Crippen LogP contribution < -0.4 is 10.2 Å². The van der Waals surface area contributed by atoms with E-state index in [2.05, 4.69) is 28.1 Å². The van der Waals surface area contributed by atoms with Gasteiger partial charge in [0, 0.05) is 69.8 Å². The highest BCUT2D eigenvalue weighted by Crippen LogP contribution is 2.20. The van der Waals surface area contributed by atoms with Gasteiger partial charge in [-0.1, -0.05) is 17.7 Å². The lowest BCUT2D eigenvalue weighted by Gasteiger charge is -2.37. The second kappa shape index (κ2) is 13.5. The van der Waals surface area contributed by atoms with E-state index in [-0.39, 0.29) is 24.0 Å². The number of aliphatic imine (C=N–C) groups is 1. The summed E-state index contributed by atoms with van der Waals surface area (Å²) in [5.41, 5.74) is 1.19. The molecule has 0 spiro atoms. The first-order valence-corrected chi connectivity index (χ1v) is 10.9. The van der Waals surface area contributed by atoms with Crippen molar-refractivity contribution in [2.24, 2.45) is 4.99 Å². The van der Waals surface area contributed by atoms with Gasteiger partial charge in [0.05, 0.1) is 6.10 Å². The van der Waals surface area contributed by atoms with Crippen LogP contribution in [0.4, 0.5) is 5.69 Å². The maximum atomic E-state index is 6.13. The molecule has 0 aliphatic carbocycles. The highest BCUT2D eigenvalue weighted by molar-refractivity contribution is 14.0. The predicted molar refractivity (Wildman–Crippen MR) is 131 cm³/mol. The van der Waals surface area contributed by atoms with Crippen LogP contribution in [-0.2, 0) is 9.47 Å². The summed E-state index contributed by atoms with van der Waals surface area (Å²) in [5.74, 6) is 1.01. The Kier molecular flexibility index (Phi) is 11.4. The van der Waals surface area contributed by atoms with Crippen LogP contribution in [0.1, 0.15) is 26.2 Å². The fourth-order valence-corrected chi connectivity index (χ4v) is 3.80. The van der Waals surface area contributed by atoms with Crippen LogP contribution in [0.2, 0.25) is 5.02 Å². The van der Waals surface area contributed by atoms with E-state index < -0.39 is 0 Å². The average molecular weight is 537 g/mol. The van der Waals surface area contributed by atoms with Crippen molar-refractivity contribution < 1.29 is 9.47 Å². The lowest BCUT2D eigenvalue weighted by atomic mass is 10.1. The number of rotatable bonds is 7. The fraction of sp³-hybridized carbons (Fsp3) is 0.667. The molecular weight excluding hydrogens is 503 g/mol. The van der Waals surface area contributed by atoms with Gasteiger partial charge in [-0.15, -0.1) is 24.0 Å². The van der Waals surface area contributed by atoms with E-state index in [0.717, 1.165) is 89.3 Å². The van der Waals surface area contributed by atoms with Crippen molar-refractivity contribution >= 4 is 47.2 Å². The molecule has 1 N–H and O–H groups in total. The number of halogens is 2. The van der Waals surface area contributed by atoms with E-state index in [4.69, 9.17) is 26.1 Å². The number of hydrogen-bond acceptors (Lipinski definition) is 4. The second-order valence-corrected chi connectivity index (χ2v) is 7.66. The molecule has 2 aliphatic rings. The van der Waals surface area contributed by atoms with Crippen molar-refractivity contribution in [3.63, 3.8) is 0 Å². The maximum Gasteiger partial charge on any atom is 0.194 e. The maximum absolute atomic E-state index is 6.13. The predicted octanol–water partition coefficient (Wildman–Crippen LogP) is 3.63. The summed E-state index contributed by atoms with van der Waals surface area (Å²) in [6.07, 6.45) is 3.35. The molecular formula is C21H34ClIN4O2. The number of nitrogens with one attached hydrogen (secondary N) is 1. The zero-order chi connectivity index (χ0) is 19.6. The van der Waals surface area contributed by atoms with Crippen LogP contribution in [0.15, 0.2) is 29.3 Å². The van der Waals surface area contributed by atoms with Gasteiger partial charge in [-0.25, -0.2) is 0 Å². The number of piperazine rings is 1. The Bertz CT molecular complexity index is 620. The fourth-order valence-electron chi connectivity index (χ4n) is 3.62. The van der Waals surface area contributed by atoms with Crippen LogP contribution in [0.25, 0.3) is 0 Å². The largest absolute Gasteiger partial charge is 0.381 e. The third kappa shape index (κ3) is 8.11. The Balaban J connectivity index is 0.00000300. The van der Waals surface area contributed by atoms with E-state index in [1.54, 1.807) is 0 Å². The van der Waals surface area contributed by atoms with Gasteiger partial charge in [-0.2, -0.15) is 0 Å². The van der Waals surface area contributed by atoms with Crippen molar-refractivity contribution in [3.05, 3.63) is 29.3 Å². The molecule has 1 aromatic carbocycles. The molecule has 0 amide bonds. The number of guanidine groups is 1. The molecule has 3 rings (SSSR count). The van der Waals surface area contributed by atoms with Gasteiger partial charge in [0.2, 0.25) is 0 Å². The molecule has 0 radical (unpaired) electrons. The first-order chi connectivity index (χ1) is 13.8. The molecule has 0 aromatic heterocycles. The normalized spacial score (nSPS) is 18.5. The first kappa shape index (κ1) is 24.5. The minimum Gasteiger partial charge on any atom is -0.381 e. The zero-order valence-electron chi connectivity index (χ0n) is 17.3. The van der Waals surface area contributed by atoms with Gasteiger partial charge in [-0.05, 0) is 44.4 Å². The summed E-state index contributed by atoms with van der Waals surface area (Å²) in [6.45, 7) is 10.1. The highest BCUT2D eigenvalue weighted by Gasteiger charge is 2.20. The Morgan fingerprint density at radius 3 is 2.69 bits per heavy atom. The Labute approximate surface area is 197 Å². The standard InChI is InChI=1S/C21H33ClN4O2.HI/c1-2-23-21(24-9-4-14-28-20-7-15-27-16-8-20)26-12-10-25(11-13-26)19-6-3-5-18(22)17-19;/h3,5-6,17,20H,2,4,7-16H2,1H3,(H,23,24);1H. The molecule has 29 heavy (non-hydrogen) atoms. The van der Waals surface area contributed by atoms with Crippen molar-refractivity contribution in [1.29, 1.82) is 0 Å². The van der Waals surface area contributed by atoms with Crippen molar-refractivity contribution in [2.45, 2.75) is 32.3 Å². The van der Waals surface area contributed by atoms with Crippen LogP contribution in [0.5, 0.6) is 0 Å². The molecule has 8 heteroatoms. The summed E-state index contributed by atoms with van der Waals surface area (Å²) in [5, 5.41) is 4.22. The molecule has 0 bridgehead atoms. The monoisotopic (exact) mass is 536 g/mol. The Hall–Kier alpha value is -0.770. The molecule has 2 aliphatic heterocycles. The second-order valence-electron chi connectivity index (χ2n) is 7.23. The molecule has 1 aromatic rings. The summed E-state index contributed by atoms with van der Waals surface area (Å²) in [4.78, 5) is 9.55. The summed E-state index contributed by atoms with van der Waals surface area (Å²) in [7, 11) is 0. The Morgan fingerprint density at radius 2 is 2.00 bits per heavy atom. The molecule has 0 unspecified atom stereocenters. The Morgan fingerprint density at radius 1 is 1.24 bits per heavy atom. The topological polar surface area (TPSA) is 49.3 Å². The zero-order valence-corrected chi connectivity index (χ0v) is 20.4. The first-order valence-electron chi connectivity index (χ1n) is 10.5. The molecule has 2 fully saturated rings. The minimum absolute atomic E-state index is 0. The number of benzene rings is 1. The summed E-state index contributed by atoms with van der Waals surface area (Å²) in [6, 6.07) is 8.09. The molecule has 2 heterocycles. The molecule has 2 saturated heterocycles. The van der Waals surface area contributed by atoms with Crippen LogP contribution in [0, 0.1) is 0 Å². The van der Waals surface area contributed by atoms with Gasteiger partial charge in [-0.3, -0.25) is 4.99 Å². The average Bonchev–Trinajstić information content (AvgIpc) is 2.74. The summed E-state index contributed by atoms with van der Waals surface area (Å²) < 4.78 is 11.3. The highest BCUT2D eigenvalue weighted by atomic mass is 127. The van der Waals surface area contributed by atoms with E-state index in [0.29, 0.717) is 6.10 Å². The number of ether oxygens (including phenoxy) is 2. The third-order valence-electron chi connectivity index (χ3n) is 5.17. The van der Waals surface area contributed by atoms with Crippen LogP contribution >= 0.6 is 35.6 Å². The summed E-state index contributed by atoms with van der Waals surface area (Å²) >= 11 is 6.13. The quantitative estimate of drug-likeness (QED) is 0.250. The molecule has 6 nitrogen and oxygen atoms in total. The van der Waals surface area contributed by atoms with E-state index in [1.165, 1.54) is 5.69 Å². The van der Waals surface area contributed by atoms with Crippen molar-refractivity contribution in [3.8, 4) is 0 Å². The molecule has 164 valence electrons. The SMILES string of the molecule is CCNC(=NCCCOC1CCOCC1)N1CCN(c2cccc(Cl)c2)CC1.I. The lowest BCUT2D eigenvalue weighted by Crippen LogP contribution is -2.52. The van der Waals surface area contributed by atoms with Gasteiger partial charge in [0.15, 0.2) is 5.96 Å². The van der Waals surface area contributed by atoms with Crippen molar-refractivity contribution in [1.82, 2.24) is 10.2 Å². The van der Waals surface area contributed by atoms with Crippen LogP contribution in [0.3, 0.4) is 0 Å². The van der Waals surface area contributed by atoms with E-state index in [9.17, 15) is 0 Å². The lowest BCUT2D eigenvalue weighted by molar-refractivity contribution is -0.0318. The minimum atomic E-state index is 0.